The van der Waals surface area contributed by atoms with E-state index >= 15 is 0 Å². The Morgan fingerprint density at radius 1 is 0.931 bits per heavy atom. The van der Waals surface area contributed by atoms with Crippen LogP contribution in [0.3, 0.4) is 0 Å². The van der Waals surface area contributed by atoms with Crippen LogP contribution in [0.2, 0.25) is 0 Å². The van der Waals surface area contributed by atoms with Crippen LogP contribution >= 0.6 is 0 Å². The van der Waals surface area contributed by atoms with Crippen LogP contribution in [0.5, 0.6) is 0 Å². The molecular formula is C28H44O. The Labute approximate surface area is 180 Å². The molecule has 0 heterocycles. The lowest BCUT2D eigenvalue weighted by Crippen LogP contribution is -2.38. The SMILES string of the molecule is CC=CCCOCC1(C2CCC(C3CCC(C=CCC)CC3)CC2)C=CC=CC1. The topological polar surface area (TPSA) is 9.23 Å². The number of rotatable bonds is 9. The van der Waals surface area contributed by atoms with Crippen LogP contribution in [0.25, 0.3) is 0 Å². The Balaban J connectivity index is 1.48. The zero-order valence-corrected chi connectivity index (χ0v) is 19.0. The fourth-order valence-electron chi connectivity index (χ4n) is 6.09. The first-order valence-electron chi connectivity index (χ1n) is 12.5. The zero-order chi connectivity index (χ0) is 20.4. The Morgan fingerprint density at radius 2 is 1.66 bits per heavy atom. The average molecular weight is 397 g/mol. The van der Waals surface area contributed by atoms with E-state index in [2.05, 4.69) is 62.5 Å². The van der Waals surface area contributed by atoms with Gasteiger partial charge in [0.2, 0.25) is 0 Å². The van der Waals surface area contributed by atoms with Crippen LogP contribution in [0, 0.1) is 29.1 Å². The van der Waals surface area contributed by atoms with E-state index in [-0.39, 0.29) is 5.41 Å². The second-order valence-electron chi connectivity index (χ2n) is 9.76. The van der Waals surface area contributed by atoms with Gasteiger partial charge in [-0.3, -0.25) is 0 Å². The molecule has 2 saturated carbocycles. The highest BCUT2D eigenvalue weighted by Gasteiger charge is 2.40. The van der Waals surface area contributed by atoms with E-state index in [0.717, 1.165) is 49.7 Å². The number of hydrogen-bond acceptors (Lipinski definition) is 1. The molecule has 162 valence electrons. The van der Waals surface area contributed by atoms with Crippen LogP contribution in [0.1, 0.15) is 84.5 Å². The lowest BCUT2D eigenvalue weighted by molar-refractivity contribution is 0.0148. The Morgan fingerprint density at radius 3 is 2.28 bits per heavy atom. The number of allylic oxidation sites excluding steroid dienone is 6. The van der Waals surface area contributed by atoms with Crippen molar-refractivity contribution in [3.63, 3.8) is 0 Å². The number of ether oxygens (including phenoxy) is 1. The smallest absolute Gasteiger partial charge is 0.0562 e. The molecule has 0 N–H and O–H groups in total. The van der Waals surface area contributed by atoms with Crippen LogP contribution in [0.4, 0.5) is 0 Å². The summed E-state index contributed by atoms with van der Waals surface area (Å²) in [6.07, 6.45) is 33.4. The molecule has 3 aliphatic carbocycles. The highest BCUT2D eigenvalue weighted by atomic mass is 16.5. The minimum Gasteiger partial charge on any atom is -0.380 e. The van der Waals surface area contributed by atoms with Gasteiger partial charge in [-0.1, -0.05) is 55.5 Å². The third-order valence-corrected chi connectivity index (χ3v) is 7.92. The zero-order valence-electron chi connectivity index (χ0n) is 19.0. The highest BCUT2D eigenvalue weighted by molar-refractivity contribution is 5.18. The maximum Gasteiger partial charge on any atom is 0.0562 e. The Hall–Kier alpha value is -1.08. The van der Waals surface area contributed by atoms with Gasteiger partial charge in [0.1, 0.15) is 0 Å². The summed E-state index contributed by atoms with van der Waals surface area (Å²) >= 11 is 0. The van der Waals surface area contributed by atoms with Crippen molar-refractivity contribution in [2.45, 2.75) is 84.5 Å². The van der Waals surface area contributed by atoms with E-state index in [1.807, 2.05) is 0 Å². The summed E-state index contributed by atoms with van der Waals surface area (Å²) in [4.78, 5) is 0. The molecule has 0 spiro atoms. The monoisotopic (exact) mass is 396 g/mol. The van der Waals surface area contributed by atoms with Crippen molar-refractivity contribution in [1.29, 1.82) is 0 Å². The first kappa shape index (κ1) is 22.6. The highest BCUT2D eigenvalue weighted by Crippen LogP contribution is 2.48. The molecule has 2 fully saturated rings. The van der Waals surface area contributed by atoms with E-state index in [9.17, 15) is 0 Å². The van der Waals surface area contributed by atoms with Gasteiger partial charge < -0.3 is 4.74 Å². The summed E-state index contributed by atoms with van der Waals surface area (Å²) < 4.78 is 6.18. The summed E-state index contributed by atoms with van der Waals surface area (Å²) in [7, 11) is 0. The minimum absolute atomic E-state index is 0.248. The molecule has 1 atom stereocenters. The third kappa shape index (κ3) is 6.45. The van der Waals surface area contributed by atoms with E-state index in [1.54, 1.807) is 0 Å². The van der Waals surface area contributed by atoms with Gasteiger partial charge >= 0.3 is 0 Å². The van der Waals surface area contributed by atoms with Gasteiger partial charge in [0.05, 0.1) is 13.2 Å². The van der Waals surface area contributed by atoms with Crippen molar-refractivity contribution < 1.29 is 4.74 Å². The predicted molar refractivity (Wildman–Crippen MR) is 126 cm³/mol. The summed E-state index contributed by atoms with van der Waals surface area (Å²) in [6.45, 7) is 6.09. The molecular weight excluding hydrogens is 352 g/mol. The summed E-state index contributed by atoms with van der Waals surface area (Å²) in [6, 6.07) is 0. The minimum atomic E-state index is 0.248. The molecule has 1 unspecified atom stereocenters. The summed E-state index contributed by atoms with van der Waals surface area (Å²) in [5.41, 5.74) is 0.248. The molecule has 0 bridgehead atoms. The molecule has 0 saturated heterocycles. The summed E-state index contributed by atoms with van der Waals surface area (Å²) in [5.74, 6) is 3.64. The maximum absolute atomic E-state index is 6.18. The van der Waals surface area contributed by atoms with Crippen molar-refractivity contribution in [3.8, 4) is 0 Å². The van der Waals surface area contributed by atoms with E-state index in [0.29, 0.717) is 0 Å². The molecule has 1 heteroatoms. The van der Waals surface area contributed by atoms with Crippen LogP contribution in [-0.2, 0) is 4.74 Å². The van der Waals surface area contributed by atoms with Crippen molar-refractivity contribution in [1.82, 2.24) is 0 Å². The number of hydrogen-bond donors (Lipinski definition) is 0. The Kier molecular flexibility index (Phi) is 9.31. The molecule has 0 radical (unpaired) electrons. The van der Waals surface area contributed by atoms with Gasteiger partial charge in [0, 0.05) is 5.41 Å². The lowest BCUT2D eigenvalue weighted by Gasteiger charge is -2.44. The molecule has 29 heavy (non-hydrogen) atoms. The fourth-order valence-corrected chi connectivity index (χ4v) is 6.09. The molecule has 0 aromatic carbocycles. The molecule has 0 aliphatic heterocycles. The first-order chi connectivity index (χ1) is 14.3. The van der Waals surface area contributed by atoms with E-state index in [1.165, 1.54) is 57.8 Å². The lowest BCUT2D eigenvalue weighted by atomic mass is 9.61. The molecule has 0 aromatic rings. The van der Waals surface area contributed by atoms with Crippen molar-refractivity contribution in [2.75, 3.05) is 13.2 Å². The fraction of sp³-hybridized carbons (Fsp3) is 0.714. The molecule has 0 aromatic heterocycles. The van der Waals surface area contributed by atoms with Gasteiger partial charge in [0.25, 0.3) is 0 Å². The van der Waals surface area contributed by atoms with Crippen molar-refractivity contribution in [3.05, 3.63) is 48.6 Å². The van der Waals surface area contributed by atoms with Gasteiger partial charge in [-0.15, -0.1) is 0 Å². The van der Waals surface area contributed by atoms with Crippen LogP contribution < -0.4 is 0 Å². The third-order valence-electron chi connectivity index (χ3n) is 7.92. The Bertz CT molecular complexity index is 567. The van der Waals surface area contributed by atoms with Gasteiger partial charge in [0.15, 0.2) is 0 Å². The van der Waals surface area contributed by atoms with E-state index in [4.69, 9.17) is 4.74 Å². The van der Waals surface area contributed by atoms with Gasteiger partial charge in [-0.2, -0.15) is 0 Å². The molecule has 3 rings (SSSR count). The second-order valence-corrected chi connectivity index (χ2v) is 9.76. The van der Waals surface area contributed by atoms with Gasteiger partial charge in [-0.25, -0.2) is 0 Å². The normalized spacial score (nSPS) is 35.7. The largest absolute Gasteiger partial charge is 0.380 e. The molecule has 0 amide bonds. The second kappa shape index (κ2) is 11.9. The van der Waals surface area contributed by atoms with Crippen LogP contribution in [-0.4, -0.2) is 13.2 Å². The van der Waals surface area contributed by atoms with Gasteiger partial charge in [-0.05, 0) is 101 Å². The summed E-state index contributed by atoms with van der Waals surface area (Å²) in [5, 5.41) is 0. The van der Waals surface area contributed by atoms with E-state index < -0.39 is 0 Å². The maximum atomic E-state index is 6.18. The van der Waals surface area contributed by atoms with Crippen molar-refractivity contribution in [2.24, 2.45) is 29.1 Å². The van der Waals surface area contributed by atoms with Crippen LogP contribution in [0.15, 0.2) is 48.6 Å². The molecule has 3 aliphatic rings. The standard InChI is InChI=1S/C28H44O/c1-3-5-10-22-29-23-28(20-8-7-9-21-28)27-18-16-26(17-19-27)25-14-12-24(13-15-25)11-6-4-2/h3,5-9,11,20,24-27H,4,10,12-19,21-23H2,1-2H3. The van der Waals surface area contributed by atoms with Crippen molar-refractivity contribution >= 4 is 0 Å². The first-order valence-corrected chi connectivity index (χ1v) is 12.5. The predicted octanol–water partition coefficient (Wildman–Crippen LogP) is 8.05. The average Bonchev–Trinajstić information content (AvgIpc) is 2.79. The molecule has 1 nitrogen and oxygen atoms in total. The quantitative estimate of drug-likeness (QED) is 0.283.